The van der Waals surface area contributed by atoms with E-state index in [9.17, 15) is 0 Å². The van der Waals surface area contributed by atoms with E-state index in [4.69, 9.17) is 4.74 Å². The number of rotatable bonds is 2. The molecule has 0 atom stereocenters. The number of aryl methyl sites for hydroxylation is 1. The minimum Gasteiger partial charge on any atom is -0.382 e. The maximum Gasteiger partial charge on any atom is 0.0437 e. The summed E-state index contributed by atoms with van der Waals surface area (Å²) >= 11 is 0. The van der Waals surface area contributed by atoms with Gasteiger partial charge in [0.05, 0.1) is 0 Å². The first-order valence-corrected chi connectivity index (χ1v) is 6.40. The van der Waals surface area contributed by atoms with Gasteiger partial charge in [-0.25, -0.2) is 0 Å². The molecule has 18 heavy (non-hydrogen) atoms. The molecule has 0 unspecified atom stereocenters. The van der Waals surface area contributed by atoms with Crippen molar-refractivity contribution < 1.29 is 4.74 Å². The highest BCUT2D eigenvalue weighted by atomic mass is 16.5. The van der Waals surface area contributed by atoms with Crippen molar-refractivity contribution in [3.8, 4) is 0 Å². The molecule has 2 aromatic carbocycles. The normalized spacial score (nSPS) is 8.39. The third-order valence-electron chi connectivity index (χ3n) is 2.02. The summed E-state index contributed by atoms with van der Waals surface area (Å²) in [7, 11) is 0. The second-order valence-electron chi connectivity index (χ2n) is 3.59. The summed E-state index contributed by atoms with van der Waals surface area (Å²) in [4.78, 5) is 0. The van der Waals surface area contributed by atoms with Crippen molar-refractivity contribution in [1.82, 2.24) is 0 Å². The van der Waals surface area contributed by atoms with Crippen LogP contribution in [0.4, 0.5) is 0 Å². The van der Waals surface area contributed by atoms with E-state index in [1.807, 2.05) is 68.4 Å². The molecule has 0 amide bonds. The Labute approximate surface area is 111 Å². The van der Waals surface area contributed by atoms with E-state index in [-0.39, 0.29) is 0 Å². The van der Waals surface area contributed by atoms with Gasteiger partial charge in [0.2, 0.25) is 0 Å². The lowest BCUT2D eigenvalue weighted by Crippen LogP contribution is -1.84. The van der Waals surface area contributed by atoms with Crippen LogP contribution in [0.1, 0.15) is 19.4 Å². The summed E-state index contributed by atoms with van der Waals surface area (Å²) in [6.07, 6.45) is 0. The predicted molar refractivity (Wildman–Crippen MR) is 79.8 cm³/mol. The number of benzene rings is 2. The molecule has 0 fully saturated rings. The molecular weight excluding hydrogens is 220 g/mol. The van der Waals surface area contributed by atoms with Gasteiger partial charge in [-0.2, -0.15) is 0 Å². The van der Waals surface area contributed by atoms with Crippen LogP contribution < -0.4 is 0 Å². The van der Waals surface area contributed by atoms with Gasteiger partial charge in [0.25, 0.3) is 0 Å². The van der Waals surface area contributed by atoms with E-state index in [1.165, 1.54) is 5.56 Å². The molecular formula is C17H24O. The standard InChI is InChI=1S/C7H8.C6H6.C4H10O/c1-7-5-3-2-4-6-7;1-2-4-6-5-3-1;1-3-5-4-2/h2-6H,1H3;1-6H;3-4H2,1-2H3. The molecule has 0 saturated heterocycles. The molecule has 0 bridgehead atoms. The van der Waals surface area contributed by atoms with Gasteiger partial charge >= 0.3 is 0 Å². The van der Waals surface area contributed by atoms with Crippen molar-refractivity contribution >= 4 is 0 Å². The molecule has 0 aliphatic heterocycles. The van der Waals surface area contributed by atoms with Gasteiger partial charge in [0.15, 0.2) is 0 Å². The lowest BCUT2D eigenvalue weighted by molar-refractivity contribution is 0.162. The Hall–Kier alpha value is -1.60. The molecule has 98 valence electrons. The Morgan fingerprint density at radius 3 is 1.17 bits per heavy atom. The van der Waals surface area contributed by atoms with Crippen molar-refractivity contribution in [1.29, 1.82) is 0 Å². The first-order valence-electron chi connectivity index (χ1n) is 6.40. The zero-order valence-electron chi connectivity index (χ0n) is 11.7. The summed E-state index contributed by atoms with van der Waals surface area (Å²) in [5.41, 5.74) is 1.32. The Kier molecular flexibility index (Phi) is 12.3. The average Bonchev–Trinajstić information content (AvgIpc) is 2.44. The van der Waals surface area contributed by atoms with Gasteiger partial charge in [-0.15, -0.1) is 0 Å². The van der Waals surface area contributed by atoms with Gasteiger partial charge in [0, 0.05) is 13.2 Å². The van der Waals surface area contributed by atoms with Crippen LogP contribution in [0.3, 0.4) is 0 Å². The first-order chi connectivity index (χ1) is 8.81. The van der Waals surface area contributed by atoms with Gasteiger partial charge < -0.3 is 4.74 Å². The minimum absolute atomic E-state index is 0.844. The Balaban J connectivity index is 0.000000245. The summed E-state index contributed by atoms with van der Waals surface area (Å²) < 4.78 is 4.83. The predicted octanol–water partition coefficient (Wildman–Crippen LogP) is 4.72. The molecule has 0 aliphatic rings. The quantitative estimate of drug-likeness (QED) is 0.742. The summed E-state index contributed by atoms with van der Waals surface area (Å²) in [5.74, 6) is 0. The van der Waals surface area contributed by atoms with Crippen LogP contribution >= 0.6 is 0 Å². The highest BCUT2D eigenvalue weighted by Gasteiger charge is 1.72. The van der Waals surface area contributed by atoms with Crippen LogP contribution in [0.2, 0.25) is 0 Å². The SMILES string of the molecule is CCOCC.Cc1ccccc1.c1ccccc1. The smallest absolute Gasteiger partial charge is 0.0437 e. The Morgan fingerprint density at radius 1 is 0.667 bits per heavy atom. The summed E-state index contributed by atoms with van der Waals surface area (Å²) in [5, 5.41) is 0. The van der Waals surface area contributed by atoms with E-state index in [0.29, 0.717) is 0 Å². The number of hydrogen-bond acceptors (Lipinski definition) is 1. The molecule has 0 N–H and O–H groups in total. The number of ether oxygens (including phenoxy) is 1. The Morgan fingerprint density at radius 2 is 1.00 bits per heavy atom. The number of hydrogen-bond donors (Lipinski definition) is 0. The van der Waals surface area contributed by atoms with Crippen LogP contribution in [-0.4, -0.2) is 13.2 Å². The van der Waals surface area contributed by atoms with Gasteiger partial charge in [-0.1, -0.05) is 72.3 Å². The van der Waals surface area contributed by atoms with Crippen molar-refractivity contribution in [2.24, 2.45) is 0 Å². The Bertz CT molecular complexity index is 314. The van der Waals surface area contributed by atoms with Crippen LogP contribution in [0.25, 0.3) is 0 Å². The van der Waals surface area contributed by atoms with Gasteiger partial charge in [0.1, 0.15) is 0 Å². The molecule has 1 heteroatoms. The van der Waals surface area contributed by atoms with E-state index in [2.05, 4.69) is 19.1 Å². The molecule has 0 radical (unpaired) electrons. The highest BCUT2D eigenvalue weighted by molar-refractivity contribution is 5.11. The summed E-state index contributed by atoms with van der Waals surface area (Å²) in [6.45, 7) is 7.75. The second-order valence-corrected chi connectivity index (χ2v) is 3.59. The molecule has 0 aromatic heterocycles. The molecule has 0 heterocycles. The first kappa shape index (κ1) is 16.4. The zero-order chi connectivity index (χ0) is 13.5. The maximum atomic E-state index is 4.83. The second kappa shape index (κ2) is 13.5. The third kappa shape index (κ3) is 12.5. The molecule has 2 aromatic rings. The van der Waals surface area contributed by atoms with E-state index in [1.54, 1.807) is 0 Å². The van der Waals surface area contributed by atoms with Crippen LogP contribution in [0.5, 0.6) is 0 Å². The van der Waals surface area contributed by atoms with Crippen LogP contribution in [0, 0.1) is 6.92 Å². The maximum absolute atomic E-state index is 4.83. The zero-order valence-corrected chi connectivity index (χ0v) is 11.7. The van der Waals surface area contributed by atoms with Crippen LogP contribution in [-0.2, 0) is 4.74 Å². The van der Waals surface area contributed by atoms with Crippen molar-refractivity contribution in [2.45, 2.75) is 20.8 Å². The van der Waals surface area contributed by atoms with Gasteiger partial charge in [-0.05, 0) is 20.8 Å². The molecule has 2 rings (SSSR count). The largest absolute Gasteiger partial charge is 0.382 e. The van der Waals surface area contributed by atoms with Crippen molar-refractivity contribution in [3.63, 3.8) is 0 Å². The highest BCUT2D eigenvalue weighted by Crippen LogP contribution is 1.92. The summed E-state index contributed by atoms with van der Waals surface area (Å²) in [6, 6.07) is 22.3. The topological polar surface area (TPSA) is 9.23 Å². The third-order valence-corrected chi connectivity index (χ3v) is 2.02. The molecule has 0 aliphatic carbocycles. The fourth-order valence-corrected chi connectivity index (χ4v) is 1.12. The lowest BCUT2D eigenvalue weighted by atomic mass is 10.2. The fraction of sp³-hybridized carbons (Fsp3) is 0.294. The lowest BCUT2D eigenvalue weighted by Gasteiger charge is -1.86. The average molecular weight is 244 g/mol. The minimum atomic E-state index is 0.844. The fourth-order valence-electron chi connectivity index (χ4n) is 1.12. The van der Waals surface area contributed by atoms with Crippen molar-refractivity contribution in [3.05, 3.63) is 72.3 Å². The molecule has 0 spiro atoms. The van der Waals surface area contributed by atoms with Crippen LogP contribution in [0.15, 0.2) is 66.7 Å². The molecule has 1 nitrogen and oxygen atoms in total. The monoisotopic (exact) mass is 244 g/mol. The molecule has 0 saturated carbocycles. The van der Waals surface area contributed by atoms with E-state index < -0.39 is 0 Å². The van der Waals surface area contributed by atoms with E-state index in [0.717, 1.165) is 13.2 Å². The van der Waals surface area contributed by atoms with E-state index >= 15 is 0 Å². The van der Waals surface area contributed by atoms with Crippen molar-refractivity contribution in [2.75, 3.05) is 13.2 Å². The van der Waals surface area contributed by atoms with Gasteiger partial charge in [-0.3, -0.25) is 0 Å².